The molecule has 0 radical (unpaired) electrons. The van der Waals surface area contributed by atoms with Crippen molar-refractivity contribution < 1.29 is 19.5 Å². The van der Waals surface area contributed by atoms with Gasteiger partial charge in [-0.1, -0.05) is 30.3 Å². The van der Waals surface area contributed by atoms with Gasteiger partial charge in [-0.05, 0) is 0 Å². The van der Waals surface area contributed by atoms with Crippen LogP contribution in [0, 0.1) is 0 Å². The van der Waals surface area contributed by atoms with Crippen LogP contribution in [0.15, 0.2) is 30.3 Å². The van der Waals surface area contributed by atoms with E-state index in [1.165, 1.54) is 0 Å². The first-order valence-corrected chi connectivity index (χ1v) is 5.95. The number of carbonyl (C=O) groups excluding carboxylic acids is 1. The molecule has 1 rings (SSSR count). The zero-order valence-corrected chi connectivity index (χ0v) is 11.4. The Morgan fingerprint density at radius 2 is 1.72 bits per heavy atom. The highest BCUT2D eigenvalue weighted by Crippen LogP contribution is 2.03. The van der Waals surface area contributed by atoms with Crippen LogP contribution < -0.4 is 0 Å². The fraction of sp³-hybridized carbons (Fsp3) is 0.500. The predicted octanol–water partition coefficient (Wildman–Crippen LogP) is 1.81. The van der Waals surface area contributed by atoms with E-state index in [1.54, 1.807) is 0 Å². The van der Waals surface area contributed by atoms with Crippen LogP contribution in [0.1, 0.15) is 16.8 Å². The van der Waals surface area contributed by atoms with Crippen molar-refractivity contribution in [3.8, 4) is 0 Å². The number of benzene rings is 1. The quantitative estimate of drug-likeness (QED) is 0.423. The first kappa shape index (κ1) is 16.8. The fourth-order valence-electron chi connectivity index (χ4n) is 1.37. The normalized spacial score (nSPS) is 10.8. The van der Waals surface area contributed by atoms with Crippen molar-refractivity contribution in [3.05, 3.63) is 35.9 Å². The Kier molecular flexibility index (Phi) is 7.43. The number of nitrogens with zero attached hydrogens (tertiary/aromatic N) is 1. The van der Waals surface area contributed by atoms with Gasteiger partial charge < -0.3 is 14.7 Å². The summed E-state index contributed by atoms with van der Waals surface area (Å²) in [6.07, 6.45) is 0.459. The molecule has 0 aromatic heterocycles. The molecule has 0 atom stereocenters. The van der Waals surface area contributed by atoms with Gasteiger partial charge in [0.25, 0.3) is 0 Å². The molecule has 0 fully saturated rings. The lowest BCUT2D eigenvalue weighted by molar-refractivity contribution is -0.870. The summed E-state index contributed by atoms with van der Waals surface area (Å²) in [7, 11) is 6.37. The maximum absolute atomic E-state index is 11.7. The molecular weight excluding hydrogens is 230 g/mol. The minimum absolute atomic E-state index is 0. The molecule has 1 N–H and O–H groups in total. The molecule has 0 unspecified atom stereocenters. The Bertz CT molecular complexity index is 344. The second kappa shape index (κ2) is 7.97. The van der Waals surface area contributed by atoms with E-state index in [-0.39, 0.29) is 11.3 Å². The molecule has 0 aliphatic rings. The molecule has 18 heavy (non-hydrogen) atoms. The van der Waals surface area contributed by atoms with Crippen molar-refractivity contribution >= 4 is 5.78 Å². The van der Waals surface area contributed by atoms with E-state index < -0.39 is 0 Å². The summed E-state index contributed by atoms with van der Waals surface area (Å²) in [5, 5.41) is 0. The van der Waals surface area contributed by atoms with Crippen LogP contribution in [0.4, 0.5) is 0 Å². The number of quaternary nitrogens is 1. The van der Waals surface area contributed by atoms with Crippen molar-refractivity contribution in [2.24, 2.45) is 0 Å². The lowest BCUT2D eigenvalue weighted by atomic mass is 10.1. The molecule has 4 heteroatoms. The number of hydrogen-bond donors (Lipinski definition) is 0. The molecule has 0 heterocycles. The number of carbonyl (C=O) groups is 1. The van der Waals surface area contributed by atoms with Gasteiger partial charge in [0.1, 0.15) is 6.54 Å². The summed E-state index contributed by atoms with van der Waals surface area (Å²) in [4.78, 5) is 11.7. The second-order valence-corrected chi connectivity index (χ2v) is 5.17. The number of likely N-dealkylation sites (N-methyl/N-ethyl adjacent to an activating group) is 1. The Balaban J connectivity index is 0.00000289. The van der Waals surface area contributed by atoms with Gasteiger partial charge in [0.05, 0.1) is 34.4 Å². The molecule has 0 bridgehead atoms. The highest BCUT2D eigenvalue weighted by Gasteiger charge is 2.07. The summed E-state index contributed by atoms with van der Waals surface area (Å²) in [6, 6.07) is 9.35. The van der Waals surface area contributed by atoms with E-state index in [4.69, 9.17) is 4.74 Å². The van der Waals surface area contributed by atoms with Crippen LogP contribution >= 0.6 is 0 Å². The molecule has 0 amide bonds. The van der Waals surface area contributed by atoms with Crippen molar-refractivity contribution in [3.63, 3.8) is 0 Å². The van der Waals surface area contributed by atoms with Crippen molar-refractivity contribution in [2.45, 2.75) is 6.42 Å². The first-order valence-electron chi connectivity index (χ1n) is 5.95. The van der Waals surface area contributed by atoms with Crippen LogP contribution in [0.5, 0.6) is 0 Å². The van der Waals surface area contributed by atoms with E-state index >= 15 is 0 Å². The number of hydrogen-bond acceptors (Lipinski definition) is 3. The van der Waals surface area contributed by atoms with E-state index in [2.05, 4.69) is 21.1 Å². The van der Waals surface area contributed by atoms with E-state index in [0.29, 0.717) is 19.6 Å². The zero-order valence-electron chi connectivity index (χ0n) is 11.4. The van der Waals surface area contributed by atoms with E-state index in [9.17, 15) is 4.79 Å². The highest BCUT2D eigenvalue weighted by molar-refractivity contribution is 5.96. The minimum atomic E-state index is 0. The SMILES string of the molecule is C[N+](C)(C)CCOCCC(=O)c1ccccc1.[OH-]. The van der Waals surface area contributed by atoms with Gasteiger partial charge in [-0.2, -0.15) is 0 Å². The number of Topliss-reactive ketones (excluding diaryl/α,β-unsaturated/α-hetero) is 1. The van der Waals surface area contributed by atoms with Crippen LogP contribution in [-0.4, -0.2) is 56.6 Å². The maximum Gasteiger partial charge on any atom is 0.165 e. The molecule has 0 aliphatic carbocycles. The standard InChI is InChI=1S/C14H22NO2.H2O/c1-15(2,3)10-12-17-11-9-14(16)13-7-5-4-6-8-13;/h4-8H,9-12H2,1-3H3;1H2/q+1;/p-1. The lowest BCUT2D eigenvalue weighted by Gasteiger charge is -2.23. The van der Waals surface area contributed by atoms with Gasteiger partial charge >= 0.3 is 0 Å². The van der Waals surface area contributed by atoms with Crippen LogP contribution in [0.3, 0.4) is 0 Å². The second-order valence-electron chi connectivity index (χ2n) is 5.17. The average Bonchev–Trinajstić information content (AvgIpc) is 2.28. The number of rotatable bonds is 7. The summed E-state index contributed by atoms with van der Waals surface area (Å²) in [5.41, 5.74) is 0.766. The molecule has 0 aliphatic heterocycles. The predicted molar refractivity (Wildman–Crippen MR) is 71.0 cm³/mol. The van der Waals surface area contributed by atoms with Crippen molar-refractivity contribution in [1.82, 2.24) is 0 Å². The first-order chi connectivity index (χ1) is 7.99. The molecule has 1 aromatic rings. The lowest BCUT2D eigenvalue weighted by Crippen LogP contribution is -2.37. The minimum Gasteiger partial charge on any atom is -0.870 e. The van der Waals surface area contributed by atoms with Gasteiger partial charge in [-0.25, -0.2) is 0 Å². The van der Waals surface area contributed by atoms with E-state index in [1.807, 2.05) is 30.3 Å². The Morgan fingerprint density at radius 3 is 2.28 bits per heavy atom. The van der Waals surface area contributed by atoms with Gasteiger partial charge in [-0.15, -0.1) is 0 Å². The summed E-state index contributed by atoms with van der Waals surface area (Å²) >= 11 is 0. The maximum atomic E-state index is 11.7. The van der Waals surface area contributed by atoms with Gasteiger partial charge in [0, 0.05) is 12.0 Å². The third-order valence-electron chi connectivity index (χ3n) is 2.48. The van der Waals surface area contributed by atoms with E-state index in [0.717, 1.165) is 16.6 Å². The highest BCUT2D eigenvalue weighted by atomic mass is 16.5. The third kappa shape index (κ3) is 7.17. The van der Waals surface area contributed by atoms with Crippen molar-refractivity contribution in [2.75, 3.05) is 40.9 Å². The van der Waals surface area contributed by atoms with Crippen LogP contribution in [-0.2, 0) is 4.74 Å². The molecule has 4 nitrogen and oxygen atoms in total. The fourth-order valence-corrected chi connectivity index (χ4v) is 1.37. The summed E-state index contributed by atoms with van der Waals surface area (Å²) in [6.45, 7) is 2.17. The number of ketones is 1. The van der Waals surface area contributed by atoms with Gasteiger partial charge in [-0.3, -0.25) is 4.79 Å². The summed E-state index contributed by atoms with van der Waals surface area (Å²) in [5.74, 6) is 0.149. The van der Waals surface area contributed by atoms with Crippen LogP contribution in [0.2, 0.25) is 0 Å². The Morgan fingerprint density at radius 1 is 1.11 bits per heavy atom. The monoisotopic (exact) mass is 253 g/mol. The molecule has 102 valence electrons. The van der Waals surface area contributed by atoms with Gasteiger partial charge in [0.15, 0.2) is 5.78 Å². The Labute approximate surface area is 109 Å². The zero-order chi connectivity index (χ0) is 12.7. The third-order valence-corrected chi connectivity index (χ3v) is 2.48. The van der Waals surface area contributed by atoms with Crippen molar-refractivity contribution in [1.29, 1.82) is 0 Å². The largest absolute Gasteiger partial charge is 0.870 e. The Hall–Kier alpha value is -1.23. The molecular formula is C14H23NO3. The summed E-state index contributed by atoms with van der Waals surface area (Å²) < 4.78 is 6.35. The smallest absolute Gasteiger partial charge is 0.165 e. The molecule has 0 saturated heterocycles. The molecule has 0 spiro atoms. The number of ether oxygens (including phenoxy) is 1. The topological polar surface area (TPSA) is 56.3 Å². The average molecular weight is 253 g/mol. The van der Waals surface area contributed by atoms with Gasteiger partial charge in [0.2, 0.25) is 0 Å². The molecule has 0 saturated carbocycles. The molecule has 1 aromatic carbocycles. The van der Waals surface area contributed by atoms with Crippen LogP contribution in [0.25, 0.3) is 0 Å².